The van der Waals surface area contributed by atoms with Crippen LogP contribution in [0.3, 0.4) is 0 Å². The fraction of sp³-hybridized carbons (Fsp3) is 0.714. The molecule has 0 saturated carbocycles. The first-order valence-electron chi connectivity index (χ1n) is 6.87. The zero-order valence-corrected chi connectivity index (χ0v) is 12.7. The summed E-state index contributed by atoms with van der Waals surface area (Å²) in [6, 6.07) is -0.189. The first-order valence-corrected chi connectivity index (χ1v) is 6.87. The van der Waals surface area contributed by atoms with Crippen LogP contribution in [0, 0.1) is 0 Å². The maximum absolute atomic E-state index is 12.0. The summed E-state index contributed by atoms with van der Waals surface area (Å²) >= 11 is 0. The van der Waals surface area contributed by atoms with Crippen molar-refractivity contribution in [1.29, 1.82) is 0 Å². The van der Waals surface area contributed by atoms with Crippen molar-refractivity contribution in [3.8, 4) is 0 Å². The van der Waals surface area contributed by atoms with Gasteiger partial charge in [-0.15, -0.1) is 0 Å². The zero-order valence-electron chi connectivity index (χ0n) is 12.7. The number of nitrogens with zero attached hydrogens (tertiary/aromatic N) is 2. The minimum atomic E-state index is -0.189. The standard InChI is InChI=1S/C14H26N4O/c1-6-14(3,4)17-13(19)11(2)15-8-7-12-16-9-10-18(12)5/h9-11,15H,6-8H2,1-5H3,(H,17,19). The SMILES string of the molecule is CCC(C)(C)NC(=O)C(C)NCCc1nccn1C. The Morgan fingerprint density at radius 3 is 2.74 bits per heavy atom. The van der Waals surface area contributed by atoms with Gasteiger partial charge in [0.05, 0.1) is 6.04 Å². The minimum absolute atomic E-state index is 0.0479. The molecule has 1 rings (SSSR count). The van der Waals surface area contributed by atoms with E-state index >= 15 is 0 Å². The molecule has 2 N–H and O–H groups in total. The highest BCUT2D eigenvalue weighted by molar-refractivity contribution is 5.81. The van der Waals surface area contributed by atoms with Crippen LogP contribution in [0.5, 0.6) is 0 Å². The molecule has 1 unspecified atom stereocenters. The Hall–Kier alpha value is -1.36. The summed E-state index contributed by atoms with van der Waals surface area (Å²) in [6.07, 6.45) is 5.45. The number of imidazole rings is 1. The molecule has 0 radical (unpaired) electrons. The third-order valence-corrected chi connectivity index (χ3v) is 3.46. The van der Waals surface area contributed by atoms with Gasteiger partial charge in [0, 0.05) is 37.9 Å². The van der Waals surface area contributed by atoms with E-state index in [9.17, 15) is 4.79 Å². The van der Waals surface area contributed by atoms with Crippen LogP contribution < -0.4 is 10.6 Å². The lowest BCUT2D eigenvalue weighted by atomic mass is 10.0. The van der Waals surface area contributed by atoms with Crippen molar-refractivity contribution in [2.24, 2.45) is 7.05 Å². The summed E-state index contributed by atoms with van der Waals surface area (Å²) in [5, 5.41) is 6.27. The van der Waals surface area contributed by atoms with Crippen LogP contribution in [0.1, 0.15) is 39.9 Å². The molecule has 1 heterocycles. The molecule has 0 aromatic carbocycles. The molecule has 0 aliphatic heterocycles. The van der Waals surface area contributed by atoms with Gasteiger partial charge in [-0.3, -0.25) is 4.79 Å². The molecule has 5 heteroatoms. The molecule has 0 aliphatic carbocycles. The lowest BCUT2D eigenvalue weighted by molar-refractivity contribution is -0.124. The first-order chi connectivity index (χ1) is 8.85. The number of carbonyl (C=O) groups excluding carboxylic acids is 1. The third-order valence-electron chi connectivity index (χ3n) is 3.46. The molecule has 0 aliphatic rings. The van der Waals surface area contributed by atoms with Crippen LogP contribution in [0.25, 0.3) is 0 Å². The second kappa shape index (κ2) is 6.70. The Balaban J connectivity index is 2.33. The number of hydrogen-bond donors (Lipinski definition) is 2. The smallest absolute Gasteiger partial charge is 0.237 e. The number of aromatic nitrogens is 2. The predicted octanol–water partition coefficient (Wildman–Crippen LogP) is 1.25. The Morgan fingerprint density at radius 1 is 1.53 bits per heavy atom. The van der Waals surface area contributed by atoms with Gasteiger partial charge in [-0.05, 0) is 27.2 Å². The molecule has 1 aromatic heterocycles. The van der Waals surface area contributed by atoms with E-state index in [-0.39, 0.29) is 17.5 Å². The number of aryl methyl sites for hydroxylation is 1. The van der Waals surface area contributed by atoms with E-state index in [1.807, 2.05) is 38.6 Å². The van der Waals surface area contributed by atoms with E-state index in [0.717, 1.165) is 25.2 Å². The van der Waals surface area contributed by atoms with Gasteiger partial charge in [-0.1, -0.05) is 6.92 Å². The van der Waals surface area contributed by atoms with Crippen LogP contribution >= 0.6 is 0 Å². The molecular weight excluding hydrogens is 240 g/mol. The summed E-state index contributed by atoms with van der Waals surface area (Å²) < 4.78 is 1.99. The van der Waals surface area contributed by atoms with E-state index in [0.29, 0.717) is 0 Å². The average Bonchev–Trinajstić information content (AvgIpc) is 2.74. The molecule has 1 amide bonds. The lowest BCUT2D eigenvalue weighted by Gasteiger charge is -2.26. The van der Waals surface area contributed by atoms with Crippen molar-refractivity contribution in [3.05, 3.63) is 18.2 Å². The molecule has 1 aromatic rings. The van der Waals surface area contributed by atoms with Crippen molar-refractivity contribution in [3.63, 3.8) is 0 Å². The fourth-order valence-electron chi connectivity index (χ4n) is 1.66. The Labute approximate surface area is 115 Å². The molecule has 0 bridgehead atoms. The highest BCUT2D eigenvalue weighted by Gasteiger charge is 2.21. The summed E-state index contributed by atoms with van der Waals surface area (Å²) in [5.41, 5.74) is -0.146. The van der Waals surface area contributed by atoms with Gasteiger partial charge < -0.3 is 15.2 Å². The van der Waals surface area contributed by atoms with Crippen LogP contribution in [-0.4, -0.2) is 33.6 Å². The lowest BCUT2D eigenvalue weighted by Crippen LogP contribution is -2.51. The van der Waals surface area contributed by atoms with Gasteiger partial charge in [0.15, 0.2) is 0 Å². The molecule has 1 atom stereocenters. The summed E-state index contributed by atoms with van der Waals surface area (Å²) in [7, 11) is 1.97. The van der Waals surface area contributed by atoms with Gasteiger partial charge in [0.2, 0.25) is 5.91 Å². The van der Waals surface area contributed by atoms with Crippen molar-refractivity contribution >= 4 is 5.91 Å². The normalized spacial score (nSPS) is 13.3. The maximum Gasteiger partial charge on any atom is 0.237 e. The highest BCUT2D eigenvalue weighted by Crippen LogP contribution is 2.06. The Morgan fingerprint density at radius 2 is 2.21 bits per heavy atom. The van der Waals surface area contributed by atoms with E-state index < -0.39 is 0 Å². The van der Waals surface area contributed by atoms with Crippen LogP contribution in [0.2, 0.25) is 0 Å². The second-order valence-electron chi connectivity index (χ2n) is 5.61. The molecule has 0 fully saturated rings. The summed E-state index contributed by atoms with van der Waals surface area (Å²) in [5.74, 6) is 1.07. The minimum Gasteiger partial charge on any atom is -0.350 e. The third kappa shape index (κ3) is 5.03. The Kier molecular flexibility index (Phi) is 5.54. The molecule has 0 saturated heterocycles. The van der Waals surface area contributed by atoms with Crippen LogP contribution in [0.15, 0.2) is 12.4 Å². The summed E-state index contributed by atoms with van der Waals surface area (Å²) in [6.45, 7) is 8.77. The number of amides is 1. The molecular formula is C14H26N4O. The van der Waals surface area contributed by atoms with Gasteiger partial charge in [-0.2, -0.15) is 0 Å². The van der Waals surface area contributed by atoms with E-state index in [1.54, 1.807) is 6.20 Å². The maximum atomic E-state index is 12.0. The van der Waals surface area contributed by atoms with Crippen molar-refractivity contribution in [2.45, 2.75) is 52.1 Å². The zero-order chi connectivity index (χ0) is 14.5. The number of carbonyl (C=O) groups is 1. The molecule has 108 valence electrons. The average molecular weight is 266 g/mol. The van der Waals surface area contributed by atoms with Crippen LogP contribution in [-0.2, 0) is 18.3 Å². The van der Waals surface area contributed by atoms with Gasteiger partial charge >= 0.3 is 0 Å². The first kappa shape index (κ1) is 15.7. The van der Waals surface area contributed by atoms with Crippen molar-refractivity contribution in [1.82, 2.24) is 20.2 Å². The quantitative estimate of drug-likeness (QED) is 0.781. The largest absolute Gasteiger partial charge is 0.350 e. The van der Waals surface area contributed by atoms with E-state index in [1.165, 1.54) is 0 Å². The molecule has 5 nitrogen and oxygen atoms in total. The van der Waals surface area contributed by atoms with Crippen molar-refractivity contribution in [2.75, 3.05) is 6.54 Å². The molecule has 19 heavy (non-hydrogen) atoms. The molecule has 0 spiro atoms. The van der Waals surface area contributed by atoms with Gasteiger partial charge in [0.1, 0.15) is 5.82 Å². The second-order valence-corrected chi connectivity index (χ2v) is 5.61. The summed E-state index contributed by atoms with van der Waals surface area (Å²) in [4.78, 5) is 16.2. The predicted molar refractivity (Wildman–Crippen MR) is 76.9 cm³/mol. The topological polar surface area (TPSA) is 59.0 Å². The van der Waals surface area contributed by atoms with Crippen LogP contribution in [0.4, 0.5) is 0 Å². The van der Waals surface area contributed by atoms with E-state index in [4.69, 9.17) is 0 Å². The fourth-order valence-corrected chi connectivity index (χ4v) is 1.66. The highest BCUT2D eigenvalue weighted by atomic mass is 16.2. The Bertz CT molecular complexity index is 411. The van der Waals surface area contributed by atoms with Gasteiger partial charge in [0.25, 0.3) is 0 Å². The number of rotatable bonds is 7. The van der Waals surface area contributed by atoms with Crippen molar-refractivity contribution < 1.29 is 4.79 Å². The van der Waals surface area contributed by atoms with Gasteiger partial charge in [-0.25, -0.2) is 4.98 Å². The van der Waals surface area contributed by atoms with E-state index in [2.05, 4.69) is 22.5 Å². The monoisotopic (exact) mass is 266 g/mol. The number of nitrogens with one attached hydrogen (secondary N) is 2. The number of hydrogen-bond acceptors (Lipinski definition) is 3.